The molecule has 2 heterocycles. The summed E-state index contributed by atoms with van der Waals surface area (Å²) in [5.41, 5.74) is 6.33. The topological polar surface area (TPSA) is 77.2 Å². The van der Waals surface area contributed by atoms with Gasteiger partial charge in [-0.25, -0.2) is 4.98 Å². The number of hydrogen-bond donors (Lipinski definition) is 2. The molecule has 1 aliphatic carbocycles. The van der Waals surface area contributed by atoms with Crippen LogP contribution < -0.4 is 11.1 Å². The number of nitrogens with zero attached hydrogens (tertiary/aromatic N) is 1. The second-order valence-electron chi connectivity index (χ2n) is 7.32. The number of amides is 1. The fourth-order valence-corrected chi connectivity index (χ4v) is 4.71. The zero-order chi connectivity index (χ0) is 16.1. The number of rotatable bonds is 3. The Morgan fingerprint density at radius 2 is 2.27 bits per heavy atom. The lowest BCUT2D eigenvalue weighted by atomic mass is 9.46. The molecule has 0 aromatic carbocycles. The van der Waals surface area contributed by atoms with Gasteiger partial charge >= 0.3 is 0 Å². The van der Waals surface area contributed by atoms with Gasteiger partial charge in [-0.15, -0.1) is 11.3 Å². The quantitative estimate of drug-likeness (QED) is 0.896. The van der Waals surface area contributed by atoms with E-state index in [1.54, 1.807) is 0 Å². The first-order valence-corrected chi connectivity index (χ1v) is 8.83. The summed E-state index contributed by atoms with van der Waals surface area (Å²) >= 11 is 1.46. The lowest BCUT2D eigenvalue weighted by molar-refractivity contribution is -0.222. The second kappa shape index (κ2) is 5.28. The SMILES string of the molecule is CC(C)c1csc(NC(=O)C2(N)C3CCCOC3C2(C)C)n1. The van der Waals surface area contributed by atoms with Crippen LogP contribution in [0, 0.1) is 11.3 Å². The minimum atomic E-state index is -0.887. The predicted octanol–water partition coefficient (Wildman–Crippen LogP) is 2.74. The Labute approximate surface area is 135 Å². The standard InChI is InChI=1S/C16H25N3O2S/c1-9(2)11-8-22-14(18-11)19-13(20)16(17)10-6-5-7-21-12(10)15(16,3)4/h8-10,12H,5-7,17H2,1-4H3,(H,18,19,20). The van der Waals surface area contributed by atoms with Crippen LogP contribution in [0.15, 0.2) is 5.38 Å². The van der Waals surface area contributed by atoms with Crippen molar-refractivity contribution < 1.29 is 9.53 Å². The third kappa shape index (κ3) is 2.12. The Bertz CT molecular complexity index is 584. The van der Waals surface area contributed by atoms with Crippen molar-refractivity contribution in [3.05, 3.63) is 11.1 Å². The molecule has 6 heteroatoms. The van der Waals surface area contributed by atoms with Crippen LogP contribution in [0.3, 0.4) is 0 Å². The number of thiazole rings is 1. The van der Waals surface area contributed by atoms with Gasteiger partial charge in [0.1, 0.15) is 5.54 Å². The molecule has 0 radical (unpaired) electrons. The van der Waals surface area contributed by atoms with Gasteiger partial charge in [-0.3, -0.25) is 4.79 Å². The number of aromatic nitrogens is 1. The first kappa shape index (κ1) is 15.9. The van der Waals surface area contributed by atoms with Crippen LogP contribution in [0.5, 0.6) is 0 Å². The number of hydrogen-bond acceptors (Lipinski definition) is 5. The predicted molar refractivity (Wildman–Crippen MR) is 88.0 cm³/mol. The molecule has 5 nitrogen and oxygen atoms in total. The molecule has 1 aliphatic heterocycles. The Hall–Kier alpha value is -0.980. The van der Waals surface area contributed by atoms with E-state index < -0.39 is 5.54 Å². The van der Waals surface area contributed by atoms with Crippen molar-refractivity contribution in [3.8, 4) is 0 Å². The molecule has 1 aromatic rings. The highest BCUT2D eigenvalue weighted by Crippen LogP contribution is 2.57. The van der Waals surface area contributed by atoms with Crippen LogP contribution in [0.2, 0.25) is 0 Å². The molecule has 22 heavy (non-hydrogen) atoms. The van der Waals surface area contributed by atoms with Gasteiger partial charge in [0.05, 0.1) is 11.8 Å². The number of carbonyl (C=O) groups excluding carboxylic acids is 1. The number of carbonyl (C=O) groups is 1. The Balaban J connectivity index is 1.78. The summed E-state index contributed by atoms with van der Waals surface area (Å²) in [6, 6.07) is 0. The average Bonchev–Trinajstić information content (AvgIpc) is 2.95. The summed E-state index contributed by atoms with van der Waals surface area (Å²) in [7, 11) is 0. The maximum absolute atomic E-state index is 12.8. The first-order chi connectivity index (χ1) is 10.3. The molecule has 1 saturated heterocycles. The summed E-state index contributed by atoms with van der Waals surface area (Å²) in [4.78, 5) is 17.3. The fourth-order valence-electron chi connectivity index (χ4n) is 3.85. The van der Waals surface area contributed by atoms with Crippen molar-refractivity contribution >= 4 is 22.4 Å². The lowest BCUT2D eigenvalue weighted by Gasteiger charge is -2.64. The number of nitrogens with two attached hydrogens (primary N) is 1. The number of ether oxygens (including phenoxy) is 1. The summed E-state index contributed by atoms with van der Waals surface area (Å²) < 4.78 is 5.85. The van der Waals surface area contributed by atoms with Gasteiger partial charge in [0.25, 0.3) is 0 Å². The van der Waals surface area contributed by atoms with Crippen LogP contribution in [0.25, 0.3) is 0 Å². The molecule has 3 N–H and O–H groups in total. The monoisotopic (exact) mass is 323 g/mol. The maximum Gasteiger partial charge on any atom is 0.247 e. The third-order valence-corrected chi connectivity index (χ3v) is 6.17. The molecule has 1 aromatic heterocycles. The van der Waals surface area contributed by atoms with Crippen molar-refractivity contribution in [2.75, 3.05) is 11.9 Å². The van der Waals surface area contributed by atoms with Gasteiger partial charge in [0.2, 0.25) is 5.91 Å². The van der Waals surface area contributed by atoms with E-state index >= 15 is 0 Å². The first-order valence-electron chi connectivity index (χ1n) is 7.96. The smallest absolute Gasteiger partial charge is 0.247 e. The summed E-state index contributed by atoms with van der Waals surface area (Å²) in [6.07, 6.45) is 2.00. The molecule has 1 saturated carbocycles. The summed E-state index contributed by atoms with van der Waals surface area (Å²) in [5, 5.41) is 5.56. The number of nitrogens with one attached hydrogen (secondary N) is 1. The molecule has 0 spiro atoms. The van der Waals surface area contributed by atoms with E-state index in [4.69, 9.17) is 10.5 Å². The molecular formula is C16H25N3O2S. The van der Waals surface area contributed by atoms with E-state index in [-0.39, 0.29) is 23.3 Å². The van der Waals surface area contributed by atoms with E-state index in [1.807, 2.05) is 19.2 Å². The highest BCUT2D eigenvalue weighted by atomic mass is 32.1. The van der Waals surface area contributed by atoms with E-state index in [1.165, 1.54) is 11.3 Å². The van der Waals surface area contributed by atoms with Crippen molar-refractivity contribution in [1.29, 1.82) is 0 Å². The largest absolute Gasteiger partial charge is 0.377 e. The van der Waals surface area contributed by atoms with Crippen LogP contribution in [0.4, 0.5) is 5.13 Å². The lowest BCUT2D eigenvalue weighted by Crippen LogP contribution is -2.81. The number of fused-ring (bicyclic) bond motifs is 1. The Kier molecular flexibility index (Phi) is 3.82. The normalized spacial score (nSPS) is 33.2. The highest BCUT2D eigenvalue weighted by molar-refractivity contribution is 7.13. The van der Waals surface area contributed by atoms with E-state index in [9.17, 15) is 4.79 Å². The van der Waals surface area contributed by atoms with E-state index in [2.05, 4.69) is 24.1 Å². The van der Waals surface area contributed by atoms with Crippen molar-refractivity contribution in [2.45, 2.75) is 58.1 Å². The highest BCUT2D eigenvalue weighted by Gasteiger charge is 2.70. The molecule has 1 amide bonds. The third-order valence-electron chi connectivity index (χ3n) is 5.39. The van der Waals surface area contributed by atoms with Gasteiger partial charge in [-0.1, -0.05) is 27.7 Å². The van der Waals surface area contributed by atoms with Crippen molar-refractivity contribution in [3.63, 3.8) is 0 Å². The molecule has 3 atom stereocenters. The second-order valence-corrected chi connectivity index (χ2v) is 8.18. The zero-order valence-corrected chi connectivity index (χ0v) is 14.5. The minimum Gasteiger partial charge on any atom is -0.377 e. The van der Waals surface area contributed by atoms with Gasteiger partial charge in [-0.2, -0.15) is 0 Å². The van der Waals surface area contributed by atoms with E-state index in [0.29, 0.717) is 11.0 Å². The van der Waals surface area contributed by atoms with Crippen LogP contribution in [0.1, 0.15) is 52.1 Å². The van der Waals surface area contributed by atoms with Crippen LogP contribution in [-0.4, -0.2) is 29.1 Å². The van der Waals surface area contributed by atoms with Crippen LogP contribution >= 0.6 is 11.3 Å². The molecule has 3 unspecified atom stereocenters. The van der Waals surface area contributed by atoms with Crippen molar-refractivity contribution in [2.24, 2.45) is 17.1 Å². The fraction of sp³-hybridized carbons (Fsp3) is 0.750. The maximum atomic E-state index is 12.8. The average molecular weight is 323 g/mol. The number of anilines is 1. The zero-order valence-electron chi connectivity index (χ0n) is 13.7. The summed E-state index contributed by atoms with van der Waals surface area (Å²) in [5.74, 6) is 0.319. The summed E-state index contributed by atoms with van der Waals surface area (Å²) in [6.45, 7) is 9.00. The van der Waals surface area contributed by atoms with Crippen LogP contribution in [-0.2, 0) is 9.53 Å². The van der Waals surface area contributed by atoms with Crippen molar-refractivity contribution in [1.82, 2.24) is 4.98 Å². The molecular weight excluding hydrogens is 298 g/mol. The Morgan fingerprint density at radius 1 is 1.55 bits per heavy atom. The van der Waals surface area contributed by atoms with Gasteiger partial charge in [-0.05, 0) is 18.8 Å². The molecule has 0 bridgehead atoms. The molecule has 3 rings (SSSR count). The minimum absolute atomic E-state index is 0.0829. The molecule has 2 aliphatic rings. The van der Waals surface area contributed by atoms with Gasteiger partial charge in [0, 0.05) is 23.3 Å². The van der Waals surface area contributed by atoms with Gasteiger partial charge < -0.3 is 15.8 Å². The van der Waals surface area contributed by atoms with E-state index in [0.717, 1.165) is 25.1 Å². The molecule has 122 valence electrons. The molecule has 2 fully saturated rings. The van der Waals surface area contributed by atoms with Gasteiger partial charge in [0.15, 0.2) is 5.13 Å². The Morgan fingerprint density at radius 3 is 2.91 bits per heavy atom.